The molecule has 1 rings (SSSR count). The van der Waals surface area contributed by atoms with Gasteiger partial charge in [-0.15, -0.1) is 11.3 Å². The van der Waals surface area contributed by atoms with Crippen molar-refractivity contribution in [1.82, 2.24) is 0 Å². The van der Waals surface area contributed by atoms with E-state index < -0.39 is 0 Å². The summed E-state index contributed by atoms with van der Waals surface area (Å²) in [6.07, 6.45) is 9.70. The van der Waals surface area contributed by atoms with Crippen molar-refractivity contribution in [3.05, 3.63) is 19.9 Å². The third kappa shape index (κ3) is 5.35. The molecule has 1 aromatic rings. The first-order valence-corrected chi connectivity index (χ1v) is 7.46. The predicted molar refractivity (Wildman–Crippen MR) is 74.1 cm³/mol. The number of thiophene rings is 1. The van der Waals surface area contributed by atoms with Crippen molar-refractivity contribution in [1.29, 1.82) is 0 Å². The van der Waals surface area contributed by atoms with Crippen LogP contribution in [-0.2, 0) is 6.42 Å². The van der Waals surface area contributed by atoms with Gasteiger partial charge in [-0.05, 0) is 47.6 Å². The van der Waals surface area contributed by atoms with Gasteiger partial charge in [0, 0.05) is 4.88 Å². The van der Waals surface area contributed by atoms with Crippen LogP contribution in [0.2, 0.25) is 0 Å². The second-order valence-corrected chi connectivity index (χ2v) is 6.79. The molecule has 1 heterocycles. The highest BCUT2D eigenvalue weighted by Gasteiger charge is 1.97. The van der Waals surface area contributed by atoms with Crippen LogP contribution >= 0.6 is 33.9 Å². The quantitative estimate of drug-likeness (QED) is 0.475. The Bertz CT molecular complexity index is 242. The molecular weight excluding hydrogens is 303 g/mol. The minimum Gasteiger partial charge on any atom is -0.134 e. The molecule has 0 aromatic carbocycles. The lowest BCUT2D eigenvalue weighted by Crippen LogP contribution is -1.82. The maximum atomic E-state index is 2.40. The van der Waals surface area contributed by atoms with E-state index in [1.54, 1.807) is 4.88 Å². The minimum absolute atomic E-state index is 1.29. The highest BCUT2D eigenvalue weighted by molar-refractivity contribution is 14.1. The molecule has 0 amide bonds. The molecule has 0 spiro atoms. The zero-order valence-electron chi connectivity index (χ0n) is 8.89. The second-order valence-electron chi connectivity index (χ2n) is 3.72. The zero-order valence-corrected chi connectivity index (χ0v) is 11.9. The van der Waals surface area contributed by atoms with E-state index in [1.165, 1.54) is 47.8 Å². The molecule has 0 saturated heterocycles. The number of halogens is 1. The zero-order chi connectivity index (χ0) is 10.2. The van der Waals surface area contributed by atoms with E-state index in [2.05, 4.69) is 41.6 Å². The number of hydrogen-bond acceptors (Lipinski definition) is 1. The summed E-state index contributed by atoms with van der Waals surface area (Å²) < 4.78 is 1.42. The summed E-state index contributed by atoms with van der Waals surface area (Å²) in [5.41, 5.74) is 0. The third-order valence-corrected chi connectivity index (χ3v) is 4.36. The van der Waals surface area contributed by atoms with Crippen LogP contribution in [0.3, 0.4) is 0 Å². The standard InChI is InChI=1S/C12H19IS/c1-2-3-4-5-6-7-8-11-9-10-12(13)14-11/h9-10H,2-8H2,1H3. The Kier molecular flexibility index (Phi) is 6.86. The molecule has 0 aliphatic carbocycles. The van der Waals surface area contributed by atoms with Gasteiger partial charge in [0.25, 0.3) is 0 Å². The Balaban J connectivity index is 1.99. The Morgan fingerprint density at radius 2 is 1.79 bits per heavy atom. The Morgan fingerprint density at radius 3 is 2.43 bits per heavy atom. The van der Waals surface area contributed by atoms with E-state index in [0.29, 0.717) is 0 Å². The highest BCUT2D eigenvalue weighted by Crippen LogP contribution is 2.20. The fourth-order valence-corrected chi connectivity index (χ4v) is 3.36. The number of aryl methyl sites for hydroxylation is 1. The predicted octanol–water partition coefficient (Wildman–Crippen LogP) is 5.26. The van der Waals surface area contributed by atoms with Gasteiger partial charge < -0.3 is 0 Å². The molecule has 2 heteroatoms. The average Bonchev–Trinajstić information content (AvgIpc) is 2.58. The number of hydrogen-bond donors (Lipinski definition) is 0. The molecule has 0 unspecified atom stereocenters. The molecule has 0 aliphatic heterocycles. The lowest BCUT2D eigenvalue weighted by molar-refractivity contribution is 0.609. The Morgan fingerprint density at radius 1 is 1.07 bits per heavy atom. The van der Waals surface area contributed by atoms with Crippen molar-refractivity contribution in [2.75, 3.05) is 0 Å². The van der Waals surface area contributed by atoms with Crippen molar-refractivity contribution in [3.63, 3.8) is 0 Å². The van der Waals surface area contributed by atoms with Gasteiger partial charge in [-0.25, -0.2) is 0 Å². The van der Waals surface area contributed by atoms with Crippen LogP contribution < -0.4 is 0 Å². The molecule has 0 saturated carbocycles. The lowest BCUT2D eigenvalue weighted by atomic mass is 10.1. The van der Waals surface area contributed by atoms with E-state index in [1.807, 2.05) is 11.3 Å². The summed E-state index contributed by atoms with van der Waals surface area (Å²) in [4.78, 5) is 1.56. The van der Waals surface area contributed by atoms with Crippen molar-refractivity contribution in [2.24, 2.45) is 0 Å². The maximum absolute atomic E-state index is 2.40. The van der Waals surface area contributed by atoms with Gasteiger partial charge in [-0.2, -0.15) is 0 Å². The van der Waals surface area contributed by atoms with Gasteiger partial charge >= 0.3 is 0 Å². The number of unbranched alkanes of at least 4 members (excludes halogenated alkanes) is 5. The van der Waals surface area contributed by atoms with Gasteiger partial charge in [0.2, 0.25) is 0 Å². The largest absolute Gasteiger partial charge is 0.134 e. The van der Waals surface area contributed by atoms with Crippen LogP contribution in [0.15, 0.2) is 12.1 Å². The molecule has 14 heavy (non-hydrogen) atoms. The van der Waals surface area contributed by atoms with Crippen LogP contribution in [0.1, 0.15) is 50.3 Å². The van der Waals surface area contributed by atoms with Crippen LogP contribution in [0.4, 0.5) is 0 Å². The minimum atomic E-state index is 1.29. The van der Waals surface area contributed by atoms with E-state index in [4.69, 9.17) is 0 Å². The fraction of sp³-hybridized carbons (Fsp3) is 0.667. The van der Waals surface area contributed by atoms with Crippen LogP contribution in [0.5, 0.6) is 0 Å². The van der Waals surface area contributed by atoms with Gasteiger partial charge in [0.15, 0.2) is 0 Å². The first kappa shape index (κ1) is 12.5. The summed E-state index contributed by atoms with van der Waals surface area (Å²) in [6, 6.07) is 4.50. The van der Waals surface area contributed by atoms with Gasteiger partial charge in [-0.3, -0.25) is 0 Å². The smallest absolute Gasteiger partial charge is 0.0656 e. The van der Waals surface area contributed by atoms with E-state index in [0.717, 1.165) is 0 Å². The number of rotatable bonds is 7. The van der Waals surface area contributed by atoms with Crippen LogP contribution in [0, 0.1) is 2.88 Å². The molecule has 0 atom stereocenters. The molecule has 80 valence electrons. The highest BCUT2D eigenvalue weighted by atomic mass is 127. The molecule has 0 fully saturated rings. The molecule has 0 nitrogen and oxygen atoms in total. The summed E-state index contributed by atoms with van der Waals surface area (Å²) in [6.45, 7) is 2.27. The lowest BCUT2D eigenvalue weighted by Gasteiger charge is -1.98. The summed E-state index contributed by atoms with van der Waals surface area (Å²) in [7, 11) is 0. The van der Waals surface area contributed by atoms with Crippen LogP contribution in [-0.4, -0.2) is 0 Å². The van der Waals surface area contributed by atoms with Gasteiger partial charge in [0.1, 0.15) is 0 Å². The molecular formula is C12H19IS. The first-order valence-electron chi connectivity index (χ1n) is 5.57. The Labute approximate surface area is 105 Å². The summed E-state index contributed by atoms with van der Waals surface area (Å²) >= 11 is 4.34. The molecule has 1 aromatic heterocycles. The van der Waals surface area contributed by atoms with Gasteiger partial charge in [-0.1, -0.05) is 39.0 Å². The second kappa shape index (κ2) is 7.69. The molecule has 0 N–H and O–H groups in total. The van der Waals surface area contributed by atoms with Crippen molar-refractivity contribution >= 4 is 33.9 Å². The molecule has 0 bridgehead atoms. The summed E-state index contributed by atoms with van der Waals surface area (Å²) in [5, 5.41) is 0. The van der Waals surface area contributed by atoms with E-state index in [-0.39, 0.29) is 0 Å². The monoisotopic (exact) mass is 322 g/mol. The third-order valence-electron chi connectivity index (χ3n) is 2.41. The van der Waals surface area contributed by atoms with Crippen molar-refractivity contribution in [2.45, 2.75) is 51.9 Å². The summed E-state index contributed by atoms with van der Waals surface area (Å²) in [5.74, 6) is 0. The van der Waals surface area contributed by atoms with Gasteiger partial charge in [0.05, 0.1) is 2.88 Å². The first-order chi connectivity index (χ1) is 6.83. The van der Waals surface area contributed by atoms with Crippen molar-refractivity contribution in [3.8, 4) is 0 Å². The maximum Gasteiger partial charge on any atom is 0.0656 e. The van der Waals surface area contributed by atoms with Crippen LogP contribution in [0.25, 0.3) is 0 Å². The average molecular weight is 322 g/mol. The molecule has 0 radical (unpaired) electrons. The Hall–Kier alpha value is 0.430. The van der Waals surface area contributed by atoms with E-state index in [9.17, 15) is 0 Å². The van der Waals surface area contributed by atoms with Crippen molar-refractivity contribution < 1.29 is 0 Å². The molecule has 0 aliphatic rings. The SMILES string of the molecule is CCCCCCCCc1ccc(I)s1. The van der Waals surface area contributed by atoms with E-state index >= 15 is 0 Å². The topological polar surface area (TPSA) is 0 Å². The normalized spacial score (nSPS) is 10.7. The fourth-order valence-electron chi connectivity index (χ4n) is 1.57.